The van der Waals surface area contributed by atoms with Crippen LogP contribution in [0.1, 0.15) is 54.2 Å². The quantitative estimate of drug-likeness (QED) is 0.489. The van der Waals surface area contributed by atoms with Gasteiger partial charge in [0.15, 0.2) is 0 Å². The number of pyridine rings is 1. The maximum atomic E-state index is 13.6. The third-order valence-corrected chi connectivity index (χ3v) is 6.49. The van der Waals surface area contributed by atoms with Gasteiger partial charge in [0.05, 0.1) is 18.7 Å². The molecule has 0 aliphatic heterocycles. The number of rotatable bonds is 5. The van der Waals surface area contributed by atoms with Gasteiger partial charge >= 0.3 is 0 Å². The summed E-state index contributed by atoms with van der Waals surface area (Å²) in [4.78, 5) is 13.2. The molecule has 0 saturated heterocycles. The van der Waals surface area contributed by atoms with E-state index in [0.29, 0.717) is 6.54 Å². The number of benzene rings is 2. The van der Waals surface area contributed by atoms with E-state index in [2.05, 4.69) is 5.32 Å². The molecule has 1 saturated carbocycles. The predicted molar refractivity (Wildman–Crippen MR) is 121 cm³/mol. The summed E-state index contributed by atoms with van der Waals surface area (Å²) in [7, 11) is 1.62. The zero-order chi connectivity index (χ0) is 22.1. The van der Waals surface area contributed by atoms with Crippen molar-refractivity contribution in [3.63, 3.8) is 0 Å². The molecule has 1 fully saturated rings. The molecule has 1 aliphatic carbocycles. The fraction of sp³-hybridized carbons (Fsp3) is 0.308. The minimum atomic E-state index is -0.356. The van der Waals surface area contributed by atoms with Crippen LogP contribution < -0.4 is 19.7 Å². The molecule has 6 heteroatoms. The van der Waals surface area contributed by atoms with Gasteiger partial charge in [-0.1, -0.05) is 36.8 Å². The van der Waals surface area contributed by atoms with Crippen LogP contribution in [0.3, 0.4) is 0 Å². The van der Waals surface area contributed by atoms with Crippen LogP contribution in [0.2, 0.25) is 0 Å². The van der Waals surface area contributed by atoms with Crippen LogP contribution in [0.5, 0.6) is 11.6 Å². The van der Waals surface area contributed by atoms with Crippen molar-refractivity contribution in [2.45, 2.75) is 44.7 Å². The molecule has 1 N–H and O–H groups in total. The van der Waals surface area contributed by atoms with Crippen LogP contribution in [0.25, 0.3) is 16.4 Å². The molecule has 1 amide bonds. The van der Waals surface area contributed by atoms with Gasteiger partial charge in [0, 0.05) is 6.54 Å². The van der Waals surface area contributed by atoms with Crippen molar-refractivity contribution in [3.05, 3.63) is 72.1 Å². The summed E-state index contributed by atoms with van der Waals surface area (Å²) in [6.07, 6.45) is 7.20. The van der Waals surface area contributed by atoms with Gasteiger partial charge in [-0.15, -0.1) is 0 Å². The minimum Gasteiger partial charge on any atom is -0.839 e. The molecule has 164 valence electrons. The topological polar surface area (TPSA) is 69.7 Å². The number of amides is 1. The number of ether oxygens (including phenoxy) is 1. The van der Waals surface area contributed by atoms with Crippen LogP contribution in [0.15, 0.2) is 60.8 Å². The van der Waals surface area contributed by atoms with Crippen molar-refractivity contribution in [2.24, 2.45) is 0 Å². The normalized spacial score (nSPS) is 14.7. The van der Waals surface area contributed by atoms with Crippen molar-refractivity contribution < 1.29 is 19.2 Å². The third-order valence-electron chi connectivity index (χ3n) is 6.49. The molecule has 1 aliphatic rings. The molecule has 2 aromatic carbocycles. The zero-order valence-corrected chi connectivity index (χ0v) is 18.2. The predicted octanol–water partition coefficient (Wildman–Crippen LogP) is 3.90. The second kappa shape index (κ2) is 8.54. The Morgan fingerprint density at radius 2 is 1.84 bits per heavy atom. The Morgan fingerprint density at radius 1 is 1.09 bits per heavy atom. The van der Waals surface area contributed by atoms with Crippen molar-refractivity contribution >= 4 is 22.3 Å². The van der Waals surface area contributed by atoms with E-state index in [1.165, 1.54) is 6.42 Å². The van der Waals surface area contributed by atoms with E-state index in [4.69, 9.17) is 4.74 Å². The first-order valence-electron chi connectivity index (χ1n) is 11.2. The van der Waals surface area contributed by atoms with E-state index in [9.17, 15) is 9.90 Å². The molecule has 4 aromatic rings. The zero-order valence-electron chi connectivity index (χ0n) is 18.2. The molecule has 32 heavy (non-hydrogen) atoms. The van der Waals surface area contributed by atoms with Gasteiger partial charge in [0.25, 0.3) is 11.6 Å². The monoisotopic (exact) mass is 429 g/mol. The Labute approximate surface area is 187 Å². The molecule has 0 atom stereocenters. The summed E-state index contributed by atoms with van der Waals surface area (Å²) in [5, 5.41) is 18.6. The number of aromatic nitrogens is 2. The molecule has 0 unspecified atom stereocenters. The Hall–Kier alpha value is -3.54. The van der Waals surface area contributed by atoms with Gasteiger partial charge in [-0.25, -0.2) is 4.57 Å². The summed E-state index contributed by atoms with van der Waals surface area (Å²) in [6, 6.07) is 17.7. The fourth-order valence-corrected chi connectivity index (χ4v) is 4.83. The first-order valence-corrected chi connectivity index (χ1v) is 11.2. The van der Waals surface area contributed by atoms with Gasteiger partial charge in [0.1, 0.15) is 17.7 Å². The number of carbonyl (C=O) groups excluding carboxylic acids is 1. The fourth-order valence-electron chi connectivity index (χ4n) is 4.83. The van der Waals surface area contributed by atoms with Gasteiger partial charge < -0.3 is 15.2 Å². The second-order valence-corrected chi connectivity index (χ2v) is 8.44. The first-order chi connectivity index (χ1) is 15.7. The second-order valence-electron chi connectivity index (χ2n) is 8.44. The Balaban J connectivity index is 1.56. The van der Waals surface area contributed by atoms with Crippen LogP contribution in [-0.2, 0) is 6.54 Å². The van der Waals surface area contributed by atoms with Crippen molar-refractivity contribution in [3.8, 4) is 11.6 Å². The number of fused-ring (bicyclic) bond motifs is 3. The van der Waals surface area contributed by atoms with E-state index in [1.807, 2.05) is 65.4 Å². The van der Waals surface area contributed by atoms with Gasteiger partial charge in [-0.2, -0.15) is 4.40 Å². The largest absolute Gasteiger partial charge is 0.839 e. The Bertz CT molecular complexity index is 1270. The van der Waals surface area contributed by atoms with Crippen molar-refractivity contribution in [2.75, 3.05) is 7.11 Å². The number of nitrogens with zero attached hydrogens (tertiary/aromatic N) is 2. The van der Waals surface area contributed by atoms with E-state index in [-0.39, 0.29) is 23.5 Å². The van der Waals surface area contributed by atoms with Gasteiger partial charge in [0.2, 0.25) is 5.69 Å². The molecule has 2 aromatic heterocycles. The molecule has 2 heterocycles. The highest BCUT2D eigenvalue weighted by molar-refractivity contribution is 5.98. The number of imidazole rings is 1. The van der Waals surface area contributed by atoms with Gasteiger partial charge in [-0.3, -0.25) is 4.79 Å². The average Bonchev–Trinajstić information content (AvgIpc) is 3.15. The van der Waals surface area contributed by atoms with E-state index < -0.39 is 0 Å². The maximum Gasteiger partial charge on any atom is 0.295 e. The summed E-state index contributed by atoms with van der Waals surface area (Å²) < 4.78 is 8.85. The summed E-state index contributed by atoms with van der Waals surface area (Å²) in [5.74, 6) is 0.200. The summed E-state index contributed by atoms with van der Waals surface area (Å²) >= 11 is 0. The first kappa shape index (κ1) is 20.4. The highest BCUT2D eigenvalue weighted by atomic mass is 16.5. The number of carbonyl (C=O) groups is 1. The smallest absolute Gasteiger partial charge is 0.295 e. The molecule has 5 rings (SSSR count). The molecule has 0 spiro atoms. The standard InChI is InChI=1S/C26H27N3O3/c1-32-21-13-11-18(12-14-21)17-27-24(30)23-26(31)29(20-8-3-2-4-9-20)25-22-10-6-5-7-19(22)15-16-28(23)25/h5-7,10-16,20H,2-4,8-9,17H2,1H3,(H-,27,30,31). The van der Waals surface area contributed by atoms with E-state index in [1.54, 1.807) is 11.5 Å². The number of hydrogen-bond acceptors (Lipinski definition) is 3. The lowest BCUT2D eigenvalue weighted by Gasteiger charge is -2.22. The SMILES string of the molecule is COc1ccc(CNC(=O)c2c([O-])[n+](C3CCCCC3)c3c4ccccc4ccn23)cc1. The van der Waals surface area contributed by atoms with Crippen LogP contribution in [0, 0.1) is 0 Å². The van der Waals surface area contributed by atoms with Crippen LogP contribution in [-0.4, -0.2) is 17.4 Å². The molecule has 0 bridgehead atoms. The lowest BCUT2D eigenvalue weighted by Crippen LogP contribution is -2.43. The minimum absolute atomic E-state index is 0.125. The van der Waals surface area contributed by atoms with Crippen LogP contribution >= 0.6 is 0 Å². The summed E-state index contributed by atoms with van der Waals surface area (Å²) in [6.45, 7) is 0.340. The number of hydrogen-bond donors (Lipinski definition) is 1. The lowest BCUT2D eigenvalue weighted by atomic mass is 9.95. The molecule has 6 nitrogen and oxygen atoms in total. The third kappa shape index (κ3) is 3.55. The van der Waals surface area contributed by atoms with Crippen molar-refractivity contribution in [1.82, 2.24) is 9.72 Å². The Kier molecular flexibility index (Phi) is 5.43. The number of nitrogens with one attached hydrogen (secondary N) is 1. The van der Waals surface area contributed by atoms with Gasteiger partial charge in [-0.05, 0) is 60.9 Å². The molecule has 0 radical (unpaired) electrons. The lowest BCUT2D eigenvalue weighted by molar-refractivity contribution is -0.736. The van der Waals surface area contributed by atoms with Crippen LogP contribution in [0.4, 0.5) is 0 Å². The van der Waals surface area contributed by atoms with Crippen molar-refractivity contribution in [1.29, 1.82) is 0 Å². The van der Waals surface area contributed by atoms with E-state index >= 15 is 0 Å². The van der Waals surface area contributed by atoms with E-state index in [0.717, 1.165) is 53.4 Å². The average molecular weight is 430 g/mol. The maximum absolute atomic E-state index is 13.6. The summed E-state index contributed by atoms with van der Waals surface area (Å²) in [5.41, 5.74) is 1.93. The number of methoxy groups -OCH3 is 1. The highest BCUT2D eigenvalue weighted by Crippen LogP contribution is 2.30. The molecular weight excluding hydrogens is 402 g/mol. The highest BCUT2D eigenvalue weighted by Gasteiger charge is 2.31. The molecular formula is C26H27N3O3. The Morgan fingerprint density at radius 3 is 2.59 bits per heavy atom.